The van der Waals surface area contributed by atoms with Crippen molar-refractivity contribution in [2.45, 2.75) is 44.2 Å². The van der Waals surface area contributed by atoms with Gasteiger partial charge in [0, 0.05) is 17.9 Å². The molecule has 2 aromatic carbocycles. The fourth-order valence-corrected chi connectivity index (χ4v) is 4.70. The average Bonchev–Trinajstić information content (AvgIpc) is 3.05. The Kier molecular flexibility index (Phi) is 5.31. The molecule has 2 N–H and O–H groups in total. The summed E-state index contributed by atoms with van der Waals surface area (Å²) in [6.45, 7) is 3.75. The molecule has 4 rings (SSSR count). The van der Waals surface area contributed by atoms with Gasteiger partial charge in [-0.2, -0.15) is 0 Å². The van der Waals surface area contributed by atoms with E-state index in [9.17, 15) is 10.2 Å². The molecule has 1 heterocycles. The third kappa shape index (κ3) is 3.40. The normalized spacial score (nSPS) is 23.6. The Labute approximate surface area is 181 Å². The van der Waals surface area contributed by atoms with Gasteiger partial charge >= 0.3 is 0 Å². The maximum absolute atomic E-state index is 10.8. The number of fused-ring (bicyclic) bond motifs is 2. The zero-order chi connectivity index (χ0) is 22.5. The number of hydrogen-bond donors (Lipinski definition) is 2. The molecule has 3 atom stereocenters. The molecule has 0 aromatic heterocycles. The zero-order valence-electron chi connectivity index (χ0n) is 18.5. The summed E-state index contributed by atoms with van der Waals surface area (Å²) in [5.41, 5.74) is 2.47. The van der Waals surface area contributed by atoms with Gasteiger partial charge in [-0.05, 0) is 43.2 Å². The van der Waals surface area contributed by atoms with Crippen LogP contribution in [0.15, 0.2) is 18.2 Å². The summed E-state index contributed by atoms with van der Waals surface area (Å²) in [5, 5.41) is 21.2. The summed E-state index contributed by atoms with van der Waals surface area (Å²) in [5.74, 6) is -0.145. The lowest BCUT2D eigenvalue weighted by Crippen LogP contribution is -2.37. The van der Waals surface area contributed by atoms with Crippen LogP contribution in [0.2, 0.25) is 0 Å². The summed E-state index contributed by atoms with van der Waals surface area (Å²) in [6.07, 6.45) is -0.0142. The average molecular weight is 432 g/mol. The fraction of sp³-hybridized carbons (Fsp3) is 0.478. The van der Waals surface area contributed by atoms with Gasteiger partial charge < -0.3 is 38.6 Å². The quantitative estimate of drug-likeness (QED) is 0.743. The van der Waals surface area contributed by atoms with Crippen molar-refractivity contribution in [3.8, 4) is 34.5 Å². The predicted molar refractivity (Wildman–Crippen MR) is 112 cm³/mol. The van der Waals surface area contributed by atoms with E-state index < -0.39 is 5.79 Å². The van der Waals surface area contributed by atoms with Crippen LogP contribution >= 0.6 is 0 Å². The minimum absolute atomic E-state index is 0.0805. The van der Waals surface area contributed by atoms with Gasteiger partial charge in [0.15, 0.2) is 28.8 Å². The second-order valence-electron chi connectivity index (χ2n) is 8.13. The molecule has 1 aliphatic heterocycles. The van der Waals surface area contributed by atoms with Crippen LogP contribution in [0.4, 0.5) is 0 Å². The van der Waals surface area contributed by atoms with E-state index in [2.05, 4.69) is 0 Å². The van der Waals surface area contributed by atoms with Crippen LogP contribution in [0.3, 0.4) is 0 Å². The molecule has 0 amide bonds. The first-order chi connectivity index (χ1) is 14.7. The number of rotatable bonds is 5. The molecule has 1 aliphatic carbocycles. The third-order valence-electron chi connectivity index (χ3n) is 5.91. The molecule has 1 saturated heterocycles. The monoisotopic (exact) mass is 432 g/mol. The number of hydrogen-bond acceptors (Lipinski definition) is 8. The third-order valence-corrected chi connectivity index (χ3v) is 5.91. The fourth-order valence-electron chi connectivity index (χ4n) is 4.70. The Morgan fingerprint density at radius 1 is 0.839 bits per heavy atom. The van der Waals surface area contributed by atoms with Crippen molar-refractivity contribution in [3.63, 3.8) is 0 Å². The minimum atomic E-state index is -0.778. The van der Waals surface area contributed by atoms with Gasteiger partial charge in [-0.15, -0.1) is 0 Å². The van der Waals surface area contributed by atoms with E-state index in [1.807, 2.05) is 13.8 Å². The van der Waals surface area contributed by atoms with Gasteiger partial charge in [-0.3, -0.25) is 0 Å². The van der Waals surface area contributed by atoms with Gasteiger partial charge in [-0.1, -0.05) is 0 Å². The lowest BCUT2D eigenvalue weighted by atomic mass is 9.74. The van der Waals surface area contributed by atoms with Crippen molar-refractivity contribution >= 4 is 0 Å². The Morgan fingerprint density at radius 3 is 1.97 bits per heavy atom. The molecule has 31 heavy (non-hydrogen) atoms. The second kappa shape index (κ2) is 7.69. The van der Waals surface area contributed by atoms with E-state index in [0.29, 0.717) is 17.9 Å². The Bertz CT molecular complexity index is 975. The Balaban J connectivity index is 1.99. The van der Waals surface area contributed by atoms with Crippen LogP contribution in [0.25, 0.3) is 0 Å². The van der Waals surface area contributed by atoms with E-state index in [0.717, 1.165) is 16.7 Å². The Morgan fingerprint density at radius 2 is 1.42 bits per heavy atom. The van der Waals surface area contributed by atoms with E-state index >= 15 is 0 Å². The smallest absolute Gasteiger partial charge is 0.201 e. The zero-order valence-corrected chi connectivity index (χ0v) is 18.5. The van der Waals surface area contributed by atoms with Gasteiger partial charge in [0.2, 0.25) is 11.5 Å². The van der Waals surface area contributed by atoms with Crippen LogP contribution in [0.1, 0.15) is 36.5 Å². The molecule has 0 bridgehead atoms. The standard InChI is InChI=1S/C23H28O8/c1-23(2)30-16-10-12-9-15(28-5)20(25)22(29-6)18(12)17(21(16)31-23)11-7-13(26-3)19(24)14(8-11)27-4/h7-9,16-17,21,24-25H,10H2,1-6H3. The molecule has 3 unspecified atom stereocenters. The molecule has 0 saturated carbocycles. The van der Waals surface area contributed by atoms with Crippen molar-refractivity contribution in [2.75, 3.05) is 28.4 Å². The Hall–Kier alpha value is -2.84. The number of ether oxygens (including phenoxy) is 6. The number of aromatic hydroxyl groups is 2. The summed E-state index contributed by atoms with van der Waals surface area (Å²) in [6, 6.07) is 5.29. The molecule has 0 radical (unpaired) electrons. The number of phenolic OH excluding ortho intramolecular Hbond substituents is 2. The second-order valence-corrected chi connectivity index (χ2v) is 8.13. The van der Waals surface area contributed by atoms with Crippen LogP contribution in [-0.4, -0.2) is 56.6 Å². The molecule has 8 nitrogen and oxygen atoms in total. The van der Waals surface area contributed by atoms with Crippen molar-refractivity contribution in [1.29, 1.82) is 0 Å². The highest BCUT2D eigenvalue weighted by Crippen LogP contribution is 2.54. The summed E-state index contributed by atoms with van der Waals surface area (Å²) in [7, 11) is 5.96. The van der Waals surface area contributed by atoms with E-state index in [-0.39, 0.29) is 41.1 Å². The van der Waals surface area contributed by atoms with Crippen LogP contribution in [0, 0.1) is 0 Å². The highest BCUT2D eigenvalue weighted by atomic mass is 16.8. The van der Waals surface area contributed by atoms with Crippen LogP contribution in [0.5, 0.6) is 34.5 Å². The molecule has 1 fully saturated rings. The van der Waals surface area contributed by atoms with Gasteiger partial charge in [0.25, 0.3) is 0 Å². The summed E-state index contributed by atoms with van der Waals surface area (Å²) < 4.78 is 34.3. The van der Waals surface area contributed by atoms with Gasteiger partial charge in [-0.25, -0.2) is 0 Å². The van der Waals surface area contributed by atoms with E-state index in [1.54, 1.807) is 18.2 Å². The molecule has 8 heteroatoms. The largest absolute Gasteiger partial charge is 0.502 e. The van der Waals surface area contributed by atoms with Gasteiger partial charge in [0.05, 0.1) is 40.6 Å². The van der Waals surface area contributed by atoms with E-state index in [4.69, 9.17) is 28.4 Å². The summed E-state index contributed by atoms with van der Waals surface area (Å²) in [4.78, 5) is 0. The van der Waals surface area contributed by atoms with Crippen molar-refractivity contribution in [2.24, 2.45) is 0 Å². The SMILES string of the molecule is COc1cc(C2c3c(cc(OC)c(O)c3OC)CC3OC(C)(C)OC32)cc(OC)c1O. The molecule has 0 spiro atoms. The lowest BCUT2D eigenvalue weighted by molar-refractivity contribution is -0.146. The number of methoxy groups -OCH3 is 4. The maximum Gasteiger partial charge on any atom is 0.201 e. The highest BCUT2D eigenvalue weighted by Gasteiger charge is 2.51. The van der Waals surface area contributed by atoms with Gasteiger partial charge in [0.1, 0.15) is 0 Å². The molecular formula is C23H28O8. The highest BCUT2D eigenvalue weighted by molar-refractivity contribution is 5.64. The van der Waals surface area contributed by atoms with Crippen molar-refractivity contribution < 1.29 is 38.6 Å². The lowest BCUT2D eigenvalue weighted by Gasteiger charge is -2.35. The molecule has 2 aromatic rings. The van der Waals surface area contributed by atoms with Crippen LogP contribution < -0.4 is 18.9 Å². The minimum Gasteiger partial charge on any atom is -0.502 e. The molecular weight excluding hydrogens is 404 g/mol. The van der Waals surface area contributed by atoms with Crippen LogP contribution in [-0.2, 0) is 15.9 Å². The summed E-state index contributed by atoms with van der Waals surface area (Å²) >= 11 is 0. The van der Waals surface area contributed by atoms with Crippen molar-refractivity contribution in [1.82, 2.24) is 0 Å². The molecule has 168 valence electrons. The van der Waals surface area contributed by atoms with E-state index in [1.165, 1.54) is 28.4 Å². The number of phenols is 2. The first-order valence-corrected chi connectivity index (χ1v) is 10.0. The first kappa shape index (κ1) is 21.4. The number of benzene rings is 2. The first-order valence-electron chi connectivity index (χ1n) is 10.0. The predicted octanol–water partition coefficient (Wildman–Crippen LogP) is 3.34. The van der Waals surface area contributed by atoms with Crippen molar-refractivity contribution in [3.05, 3.63) is 34.9 Å². The topological polar surface area (TPSA) is 95.8 Å². The maximum atomic E-state index is 10.8. The molecule has 2 aliphatic rings.